The van der Waals surface area contributed by atoms with Crippen LogP contribution in [0.5, 0.6) is 0 Å². The highest BCUT2D eigenvalue weighted by molar-refractivity contribution is 7.90. The van der Waals surface area contributed by atoms with E-state index in [1.165, 1.54) is 12.1 Å². The molecule has 0 fully saturated rings. The molecule has 0 aliphatic heterocycles. The molecule has 0 atom stereocenters. The smallest absolute Gasteiger partial charge is 0.184 e. The summed E-state index contributed by atoms with van der Waals surface area (Å²) in [7, 11) is -3.56. The number of hydrogen-bond donors (Lipinski definition) is 1. The first-order valence-electron chi connectivity index (χ1n) is 6.30. The molecule has 0 unspecified atom stereocenters. The van der Waals surface area contributed by atoms with Gasteiger partial charge < -0.3 is 5.73 Å². The normalized spacial score (nSPS) is 11.6. The molecule has 112 valence electrons. The number of hydrogen-bond acceptors (Lipinski definition) is 3. The Morgan fingerprint density at radius 1 is 1.10 bits per heavy atom. The molecule has 0 amide bonds. The lowest BCUT2D eigenvalue weighted by atomic mass is 10.1. The minimum absolute atomic E-state index is 0.0546. The van der Waals surface area contributed by atoms with Crippen LogP contribution in [0.15, 0.2) is 41.3 Å². The number of benzene rings is 2. The SMILES string of the molecule is Cc1cc(CN)ccc1CS(=O)(=O)c1cc(Cl)ccc1Cl. The van der Waals surface area contributed by atoms with E-state index in [1.54, 1.807) is 12.1 Å². The van der Waals surface area contributed by atoms with Gasteiger partial charge in [0.2, 0.25) is 0 Å². The molecular weight excluding hydrogens is 329 g/mol. The van der Waals surface area contributed by atoms with Crippen molar-refractivity contribution in [3.63, 3.8) is 0 Å². The summed E-state index contributed by atoms with van der Waals surface area (Å²) in [5.74, 6) is -0.121. The molecule has 0 aliphatic rings. The molecule has 6 heteroatoms. The Labute approximate surface area is 134 Å². The van der Waals surface area contributed by atoms with Gasteiger partial charge in [-0.2, -0.15) is 0 Å². The summed E-state index contributed by atoms with van der Waals surface area (Å²) in [6, 6.07) is 9.93. The van der Waals surface area contributed by atoms with Crippen molar-refractivity contribution in [2.24, 2.45) is 5.73 Å². The maximum Gasteiger partial charge on any atom is 0.184 e. The van der Waals surface area contributed by atoms with E-state index in [4.69, 9.17) is 28.9 Å². The van der Waals surface area contributed by atoms with Crippen LogP contribution < -0.4 is 5.73 Å². The minimum Gasteiger partial charge on any atom is -0.326 e. The minimum atomic E-state index is -3.56. The summed E-state index contributed by atoms with van der Waals surface area (Å²) < 4.78 is 25.0. The monoisotopic (exact) mass is 343 g/mol. The van der Waals surface area contributed by atoms with Gasteiger partial charge in [-0.25, -0.2) is 8.42 Å². The third-order valence-electron chi connectivity index (χ3n) is 3.22. The van der Waals surface area contributed by atoms with Crippen LogP contribution in [0.25, 0.3) is 0 Å². The average molecular weight is 344 g/mol. The number of halogens is 2. The lowest BCUT2D eigenvalue weighted by Crippen LogP contribution is -2.07. The predicted octanol–water partition coefficient (Wildman–Crippen LogP) is 3.73. The van der Waals surface area contributed by atoms with E-state index in [0.29, 0.717) is 11.6 Å². The maximum absolute atomic E-state index is 12.5. The van der Waals surface area contributed by atoms with Crippen LogP contribution in [0.1, 0.15) is 16.7 Å². The lowest BCUT2D eigenvalue weighted by molar-refractivity contribution is 0.595. The van der Waals surface area contributed by atoms with Gasteiger partial charge in [0.15, 0.2) is 9.84 Å². The first-order chi connectivity index (χ1) is 9.83. The average Bonchev–Trinajstić information content (AvgIpc) is 2.43. The molecule has 0 bridgehead atoms. The van der Waals surface area contributed by atoms with E-state index in [0.717, 1.165) is 16.7 Å². The van der Waals surface area contributed by atoms with Crippen molar-refractivity contribution >= 4 is 33.0 Å². The van der Waals surface area contributed by atoms with Gasteiger partial charge in [0.1, 0.15) is 0 Å². The molecule has 21 heavy (non-hydrogen) atoms. The highest BCUT2D eigenvalue weighted by Crippen LogP contribution is 2.28. The second kappa shape index (κ2) is 6.36. The van der Waals surface area contributed by atoms with Gasteiger partial charge in [-0.15, -0.1) is 0 Å². The molecule has 0 aliphatic carbocycles. The maximum atomic E-state index is 12.5. The second-order valence-corrected chi connectivity index (χ2v) is 7.60. The van der Waals surface area contributed by atoms with Gasteiger partial charge in [0.05, 0.1) is 15.7 Å². The first kappa shape index (κ1) is 16.3. The Morgan fingerprint density at radius 2 is 1.81 bits per heavy atom. The van der Waals surface area contributed by atoms with Crippen molar-refractivity contribution in [1.29, 1.82) is 0 Å². The second-order valence-electron chi connectivity index (χ2n) is 4.80. The van der Waals surface area contributed by atoms with Crippen LogP contribution in [0.3, 0.4) is 0 Å². The van der Waals surface area contributed by atoms with E-state index < -0.39 is 9.84 Å². The van der Waals surface area contributed by atoms with Gasteiger partial charge in [0.25, 0.3) is 0 Å². The highest BCUT2D eigenvalue weighted by Gasteiger charge is 2.20. The summed E-state index contributed by atoms with van der Waals surface area (Å²) >= 11 is 11.8. The molecule has 3 nitrogen and oxygen atoms in total. The van der Waals surface area contributed by atoms with Crippen LogP contribution in [-0.2, 0) is 22.1 Å². The zero-order valence-electron chi connectivity index (χ0n) is 11.4. The molecule has 2 N–H and O–H groups in total. The lowest BCUT2D eigenvalue weighted by Gasteiger charge is -2.10. The van der Waals surface area contributed by atoms with Crippen LogP contribution in [-0.4, -0.2) is 8.42 Å². The van der Waals surface area contributed by atoms with Gasteiger partial charge >= 0.3 is 0 Å². The third kappa shape index (κ3) is 3.77. The standard InChI is InChI=1S/C15H15Cl2NO2S/c1-10-6-11(8-18)2-3-12(10)9-21(19,20)15-7-13(16)4-5-14(15)17/h2-7H,8-9,18H2,1H3. The Balaban J connectivity index is 2.40. The fraction of sp³-hybridized carbons (Fsp3) is 0.200. The van der Waals surface area contributed by atoms with Crippen molar-refractivity contribution in [2.45, 2.75) is 24.1 Å². The summed E-state index contributed by atoms with van der Waals surface area (Å²) in [5.41, 5.74) is 8.15. The molecular formula is C15H15Cl2NO2S. The van der Waals surface area contributed by atoms with Crippen LogP contribution >= 0.6 is 23.2 Å². The molecule has 0 spiro atoms. The van der Waals surface area contributed by atoms with Crippen molar-refractivity contribution in [3.05, 3.63) is 63.1 Å². The summed E-state index contributed by atoms with van der Waals surface area (Å²) in [6.07, 6.45) is 0. The molecule has 2 aromatic rings. The quantitative estimate of drug-likeness (QED) is 0.919. The zero-order valence-corrected chi connectivity index (χ0v) is 13.8. The summed E-state index contributed by atoms with van der Waals surface area (Å²) in [6.45, 7) is 2.29. The molecule has 0 radical (unpaired) electrons. The first-order valence-corrected chi connectivity index (χ1v) is 8.70. The molecule has 0 aromatic heterocycles. The number of nitrogens with two attached hydrogens (primary N) is 1. The third-order valence-corrected chi connectivity index (χ3v) is 5.59. The van der Waals surface area contributed by atoms with Gasteiger partial charge in [-0.05, 0) is 41.8 Å². The van der Waals surface area contributed by atoms with Crippen molar-refractivity contribution in [2.75, 3.05) is 0 Å². The van der Waals surface area contributed by atoms with E-state index in [1.807, 2.05) is 19.1 Å². The molecule has 2 rings (SSSR count). The topological polar surface area (TPSA) is 60.2 Å². The van der Waals surface area contributed by atoms with Crippen LogP contribution in [0, 0.1) is 6.92 Å². The van der Waals surface area contributed by atoms with E-state index in [9.17, 15) is 8.42 Å². The molecule has 0 saturated heterocycles. The summed E-state index contributed by atoms with van der Waals surface area (Å²) in [4.78, 5) is 0.0546. The Hall–Kier alpha value is -1.07. The predicted molar refractivity (Wildman–Crippen MR) is 86.4 cm³/mol. The van der Waals surface area contributed by atoms with Crippen LogP contribution in [0.4, 0.5) is 0 Å². The number of aryl methyl sites for hydroxylation is 1. The van der Waals surface area contributed by atoms with E-state index in [-0.39, 0.29) is 15.7 Å². The summed E-state index contributed by atoms with van der Waals surface area (Å²) in [5, 5.41) is 0.517. The fourth-order valence-electron chi connectivity index (χ4n) is 2.04. The van der Waals surface area contributed by atoms with Crippen molar-refractivity contribution < 1.29 is 8.42 Å². The fourth-order valence-corrected chi connectivity index (χ4v) is 4.31. The van der Waals surface area contributed by atoms with Crippen molar-refractivity contribution in [3.8, 4) is 0 Å². The Kier molecular flexibility index (Phi) is 4.94. The molecule has 0 heterocycles. The van der Waals surface area contributed by atoms with E-state index >= 15 is 0 Å². The Morgan fingerprint density at radius 3 is 2.43 bits per heavy atom. The molecule has 2 aromatic carbocycles. The highest BCUT2D eigenvalue weighted by atomic mass is 35.5. The van der Waals surface area contributed by atoms with E-state index in [2.05, 4.69) is 0 Å². The van der Waals surface area contributed by atoms with Crippen LogP contribution in [0.2, 0.25) is 10.0 Å². The zero-order chi connectivity index (χ0) is 15.6. The Bertz CT molecular complexity index is 773. The van der Waals surface area contributed by atoms with Crippen molar-refractivity contribution in [1.82, 2.24) is 0 Å². The van der Waals surface area contributed by atoms with Gasteiger partial charge in [-0.3, -0.25) is 0 Å². The largest absolute Gasteiger partial charge is 0.326 e. The number of rotatable bonds is 4. The van der Waals surface area contributed by atoms with Gasteiger partial charge in [0, 0.05) is 11.6 Å². The van der Waals surface area contributed by atoms with Gasteiger partial charge in [-0.1, -0.05) is 41.4 Å². The number of sulfone groups is 1. The molecule has 0 saturated carbocycles.